The second kappa shape index (κ2) is 11.2. The summed E-state index contributed by atoms with van der Waals surface area (Å²) in [4.78, 5) is 23.2. The minimum atomic E-state index is 0.295. The lowest BCUT2D eigenvalue weighted by Gasteiger charge is -2.20. The fourth-order valence-corrected chi connectivity index (χ4v) is 3.35. The van der Waals surface area contributed by atoms with E-state index in [1.54, 1.807) is 6.26 Å². The van der Waals surface area contributed by atoms with Crippen LogP contribution in [-0.2, 0) is 11.3 Å². The van der Waals surface area contributed by atoms with Crippen molar-refractivity contribution < 1.29 is 9.21 Å². The molecule has 0 atom stereocenters. The highest BCUT2D eigenvalue weighted by atomic mass is 16.3. The van der Waals surface area contributed by atoms with Crippen molar-refractivity contribution >= 4 is 11.9 Å². The zero-order valence-corrected chi connectivity index (χ0v) is 17.2. The van der Waals surface area contributed by atoms with Crippen LogP contribution in [0.2, 0.25) is 0 Å². The number of rotatable bonds is 8. The fourth-order valence-electron chi connectivity index (χ4n) is 3.35. The first-order chi connectivity index (χ1) is 14.3. The van der Waals surface area contributed by atoms with Gasteiger partial charge in [0.25, 0.3) is 0 Å². The third-order valence-electron chi connectivity index (χ3n) is 4.88. The van der Waals surface area contributed by atoms with Crippen molar-refractivity contribution in [2.75, 3.05) is 26.2 Å². The number of nitrogens with zero attached hydrogens (tertiary/aromatic N) is 3. The average Bonchev–Trinajstić information content (AvgIpc) is 3.13. The Balaban J connectivity index is 1.47. The van der Waals surface area contributed by atoms with E-state index in [0.29, 0.717) is 24.8 Å². The maximum atomic E-state index is 12.1. The summed E-state index contributed by atoms with van der Waals surface area (Å²) in [5.74, 6) is 1.65. The topological polar surface area (TPSA) is 82.8 Å². The van der Waals surface area contributed by atoms with E-state index in [1.807, 2.05) is 42.2 Å². The van der Waals surface area contributed by atoms with Crippen molar-refractivity contribution in [2.45, 2.75) is 45.6 Å². The highest BCUT2D eigenvalue weighted by molar-refractivity contribution is 5.79. The first-order valence-corrected chi connectivity index (χ1v) is 10.6. The van der Waals surface area contributed by atoms with Gasteiger partial charge in [0.15, 0.2) is 5.96 Å². The summed E-state index contributed by atoms with van der Waals surface area (Å²) in [7, 11) is 0. The molecule has 0 unspecified atom stereocenters. The van der Waals surface area contributed by atoms with Crippen LogP contribution < -0.4 is 10.6 Å². The lowest BCUT2D eigenvalue weighted by molar-refractivity contribution is -0.130. The number of guanidine groups is 1. The number of benzene rings is 1. The number of aliphatic imine (C=N–C) groups is 1. The van der Waals surface area contributed by atoms with Crippen molar-refractivity contribution in [3.05, 3.63) is 42.3 Å². The molecule has 7 nitrogen and oxygen atoms in total. The first-order valence-electron chi connectivity index (χ1n) is 10.6. The van der Waals surface area contributed by atoms with Gasteiger partial charge >= 0.3 is 0 Å². The van der Waals surface area contributed by atoms with E-state index in [1.165, 1.54) is 0 Å². The Hall–Kier alpha value is -2.83. The van der Waals surface area contributed by atoms with Crippen molar-refractivity contribution in [3.8, 4) is 11.5 Å². The number of amides is 1. The van der Waals surface area contributed by atoms with Crippen LogP contribution in [0.15, 0.2) is 46.0 Å². The van der Waals surface area contributed by atoms with Crippen molar-refractivity contribution in [2.24, 2.45) is 4.99 Å². The zero-order chi connectivity index (χ0) is 20.3. The lowest BCUT2D eigenvalue weighted by atomic mass is 10.2. The first kappa shape index (κ1) is 20.9. The van der Waals surface area contributed by atoms with E-state index >= 15 is 0 Å². The second-order valence-corrected chi connectivity index (χ2v) is 7.18. The van der Waals surface area contributed by atoms with Crippen molar-refractivity contribution in [1.82, 2.24) is 20.5 Å². The standard InChI is InChI=1S/C22H31N5O2/c1-2-23-22(24-13-9-15-27-14-8-4-7-12-20(27)28)25-16-19-17-29-21(26-19)18-10-5-3-6-11-18/h3,5-6,10-11,17H,2,4,7-9,12-16H2,1H3,(H2,23,24,25). The summed E-state index contributed by atoms with van der Waals surface area (Å²) in [6.45, 7) is 5.72. The number of likely N-dealkylation sites (tertiary alicyclic amines) is 1. The molecular formula is C22H31N5O2. The molecule has 0 aliphatic carbocycles. The van der Waals surface area contributed by atoms with Gasteiger partial charge in [0.05, 0.1) is 6.54 Å². The molecule has 29 heavy (non-hydrogen) atoms. The van der Waals surface area contributed by atoms with E-state index in [4.69, 9.17) is 4.42 Å². The fraction of sp³-hybridized carbons (Fsp3) is 0.500. The highest BCUT2D eigenvalue weighted by Crippen LogP contribution is 2.18. The molecule has 2 aromatic rings. The van der Waals surface area contributed by atoms with Crippen LogP contribution in [0.25, 0.3) is 11.5 Å². The minimum absolute atomic E-state index is 0.295. The summed E-state index contributed by atoms with van der Waals surface area (Å²) >= 11 is 0. The van der Waals surface area contributed by atoms with Crippen LogP contribution in [0.5, 0.6) is 0 Å². The molecular weight excluding hydrogens is 366 g/mol. The molecule has 1 aliphatic heterocycles. The Bertz CT molecular complexity index is 788. The molecule has 2 N–H and O–H groups in total. The number of oxazole rings is 1. The molecule has 1 aromatic carbocycles. The number of carbonyl (C=O) groups excluding carboxylic acids is 1. The third kappa shape index (κ3) is 6.62. The molecule has 0 spiro atoms. The predicted octanol–water partition coefficient (Wildman–Crippen LogP) is 3.19. The molecule has 1 aromatic heterocycles. The van der Waals surface area contributed by atoms with Gasteiger partial charge in [-0.1, -0.05) is 24.6 Å². The predicted molar refractivity (Wildman–Crippen MR) is 114 cm³/mol. The van der Waals surface area contributed by atoms with Gasteiger partial charge in [-0.3, -0.25) is 4.79 Å². The Morgan fingerprint density at radius 2 is 2.07 bits per heavy atom. The summed E-state index contributed by atoms with van der Waals surface area (Å²) in [5.41, 5.74) is 1.74. The molecule has 1 fully saturated rings. The molecule has 0 saturated carbocycles. The highest BCUT2D eigenvalue weighted by Gasteiger charge is 2.15. The SMILES string of the molecule is CCNC(=NCc1coc(-c2ccccc2)n1)NCCCN1CCCCCC1=O. The van der Waals surface area contributed by atoms with Gasteiger partial charge in [0.2, 0.25) is 11.8 Å². The monoisotopic (exact) mass is 397 g/mol. The van der Waals surface area contributed by atoms with Gasteiger partial charge in [-0.2, -0.15) is 0 Å². The minimum Gasteiger partial charge on any atom is -0.444 e. The van der Waals surface area contributed by atoms with Crippen molar-refractivity contribution in [3.63, 3.8) is 0 Å². The maximum Gasteiger partial charge on any atom is 0.226 e. The Morgan fingerprint density at radius 1 is 1.21 bits per heavy atom. The Kier molecular flexibility index (Phi) is 8.10. The van der Waals surface area contributed by atoms with E-state index in [9.17, 15) is 4.79 Å². The number of carbonyl (C=O) groups is 1. The molecule has 3 rings (SSSR count). The Labute approximate surface area is 172 Å². The molecule has 1 aliphatic rings. The van der Waals surface area contributed by atoms with Crippen LogP contribution in [0.4, 0.5) is 0 Å². The summed E-state index contributed by atoms with van der Waals surface area (Å²) < 4.78 is 5.57. The molecule has 0 bridgehead atoms. The third-order valence-corrected chi connectivity index (χ3v) is 4.88. The van der Waals surface area contributed by atoms with E-state index in [0.717, 1.165) is 69.1 Å². The largest absolute Gasteiger partial charge is 0.444 e. The maximum absolute atomic E-state index is 12.1. The molecule has 2 heterocycles. The molecule has 7 heteroatoms. The number of nitrogens with one attached hydrogen (secondary N) is 2. The van der Waals surface area contributed by atoms with E-state index < -0.39 is 0 Å². The second-order valence-electron chi connectivity index (χ2n) is 7.18. The van der Waals surface area contributed by atoms with Crippen LogP contribution in [-0.4, -0.2) is 47.9 Å². The lowest BCUT2D eigenvalue weighted by Crippen LogP contribution is -2.39. The normalized spacial score (nSPS) is 15.3. The van der Waals surface area contributed by atoms with Gasteiger partial charge in [-0.15, -0.1) is 0 Å². The summed E-state index contributed by atoms with van der Waals surface area (Å²) in [6.07, 6.45) is 6.55. The van der Waals surface area contributed by atoms with Gasteiger partial charge in [0, 0.05) is 38.2 Å². The number of aromatic nitrogens is 1. The summed E-state index contributed by atoms with van der Waals surface area (Å²) in [6, 6.07) is 9.83. The smallest absolute Gasteiger partial charge is 0.226 e. The van der Waals surface area contributed by atoms with E-state index in [-0.39, 0.29) is 0 Å². The van der Waals surface area contributed by atoms with Gasteiger partial charge < -0.3 is 20.0 Å². The Morgan fingerprint density at radius 3 is 2.90 bits per heavy atom. The van der Waals surface area contributed by atoms with Crippen molar-refractivity contribution in [1.29, 1.82) is 0 Å². The average molecular weight is 398 g/mol. The molecule has 1 amide bonds. The van der Waals surface area contributed by atoms with Crippen LogP contribution >= 0.6 is 0 Å². The number of hydrogen-bond acceptors (Lipinski definition) is 4. The molecule has 156 valence electrons. The molecule has 0 radical (unpaired) electrons. The zero-order valence-electron chi connectivity index (χ0n) is 17.2. The summed E-state index contributed by atoms with van der Waals surface area (Å²) in [5, 5.41) is 6.59. The van der Waals surface area contributed by atoms with Crippen LogP contribution in [0, 0.1) is 0 Å². The van der Waals surface area contributed by atoms with E-state index in [2.05, 4.69) is 20.6 Å². The van der Waals surface area contributed by atoms with Gasteiger partial charge in [-0.25, -0.2) is 9.98 Å². The van der Waals surface area contributed by atoms with Crippen LogP contribution in [0.1, 0.15) is 44.7 Å². The molecule has 1 saturated heterocycles. The number of hydrogen-bond donors (Lipinski definition) is 2. The van der Waals surface area contributed by atoms with Crippen LogP contribution in [0.3, 0.4) is 0 Å². The van der Waals surface area contributed by atoms with Gasteiger partial charge in [-0.05, 0) is 38.3 Å². The quantitative estimate of drug-likeness (QED) is 0.406. The van der Waals surface area contributed by atoms with Gasteiger partial charge in [0.1, 0.15) is 12.0 Å².